The van der Waals surface area contributed by atoms with Gasteiger partial charge in [0, 0.05) is 24.1 Å². The topological polar surface area (TPSA) is 73.1 Å². The van der Waals surface area contributed by atoms with Gasteiger partial charge in [-0.05, 0) is 70.4 Å². The normalized spacial score (nSPS) is 15.2. The third-order valence-electron chi connectivity index (χ3n) is 6.69. The lowest BCUT2D eigenvalue weighted by Crippen LogP contribution is -2.40. The van der Waals surface area contributed by atoms with Gasteiger partial charge in [-0.3, -0.25) is 9.36 Å². The van der Waals surface area contributed by atoms with Gasteiger partial charge >= 0.3 is 5.97 Å². The first-order valence-corrected chi connectivity index (χ1v) is 14.1. The number of hydrogen-bond acceptors (Lipinski definition) is 7. The molecule has 0 aliphatic carbocycles. The summed E-state index contributed by atoms with van der Waals surface area (Å²) in [5.41, 5.74) is 3.23. The summed E-state index contributed by atoms with van der Waals surface area (Å²) < 4.78 is 14.3. The van der Waals surface area contributed by atoms with Crippen molar-refractivity contribution in [1.82, 2.24) is 4.57 Å². The Morgan fingerprint density at radius 1 is 1.18 bits per heavy atom. The maximum Gasteiger partial charge on any atom is 0.338 e. The molecule has 3 aromatic carbocycles. The van der Waals surface area contributed by atoms with E-state index in [2.05, 4.69) is 15.9 Å². The van der Waals surface area contributed by atoms with E-state index in [1.807, 2.05) is 79.7 Å². The molecule has 0 fully saturated rings. The molecule has 5 rings (SSSR count). The third kappa shape index (κ3) is 4.81. The van der Waals surface area contributed by atoms with Gasteiger partial charge in [0.1, 0.15) is 11.8 Å². The van der Waals surface area contributed by atoms with Crippen molar-refractivity contribution in [3.8, 4) is 5.75 Å². The van der Waals surface area contributed by atoms with Gasteiger partial charge in [0.25, 0.3) is 5.56 Å². The average molecular weight is 607 g/mol. The van der Waals surface area contributed by atoms with Gasteiger partial charge in [0.15, 0.2) is 4.80 Å². The molecule has 200 valence electrons. The van der Waals surface area contributed by atoms with Crippen molar-refractivity contribution in [3.05, 3.63) is 101 Å². The quantitative estimate of drug-likeness (QED) is 0.296. The Balaban J connectivity index is 1.80. The molecule has 1 aliphatic heterocycles. The molecular formula is C30H28BrN3O4S. The van der Waals surface area contributed by atoms with Crippen LogP contribution in [0, 0.1) is 0 Å². The van der Waals surface area contributed by atoms with Crippen LogP contribution in [0.3, 0.4) is 0 Å². The number of carbonyl (C=O) groups is 1. The molecule has 0 unspecified atom stereocenters. The number of anilines is 1. The molecule has 4 aromatic rings. The van der Waals surface area contributed by atoms with E-state index in [1.54, 1.807) is 25.5 Å². The number of nitrogens with zero attached hydrogens (tertiary/aromatic N) is 3. The number of fused-ring (bicyclic) bond motifs is 2. The summed E-state index contributed by atoms with van der Waals surface area (Å²) in [6.45, 7) is 3.75. The standard InChI is InChI=1S/C30H28BrN3O4S/c1-6-38-29(36)25-17(2)32-30-34(27(25)26-20-10-8-7-9-19(20)12-14-23(26)37-5)28(35)24(39-30)16-18-11-13-22(33(3)4)21(31)15-18/h7-16,27H,6H2,1-5H3/b24-16+/t27-/m0/s1. The minimum Gasteiger partial charge on any atom is -0.496 e. The van der Waals surface area contributed by atoms with Gasteiger partial charge in [0.05, 0.1) is 35.2 Å². The van der Waals surface area contributed by atoms with Crippen LogP contribution in [0.15, 0.2) is 80.1 Å². The van der Waals surface area contributed by atoms with Crippen molar-refractivity contribution in [1.29, 1.82) is 0 Å². The zero-order chi connectivity index (χ0) is 27.8. The van der Waals surface area contributed by atoms with Crippen LogP contribution in [0.2, 0.25) is 0 Å². The fraction of sp³-hybridized carbons (Fsp3) is 0.233. The molecular weight excluding hydrogens is 578 g/mol. The second-order valence-corrected chi connectivity index (χ2v) is 11.2. The summed E-state index contributed by atoms with van der Waals surface area (Å²) in [5, 5.41) is 1.86. The molecule has 0 N–H and O–H groups in total. The van der Waals surface area contributed by atoms with Crippen molar-refractivity contribution < 1.29 is 14.3 Å². The average Bonchev–Trinajstić information content (AvgIpc) is 3.21. The summed E-state index contributed by atoms with van der Waals surface area (Å²) in [7, 11) is 5.54. The summed E-state index contributed by atoms with van der Waals surface area (Å²) in [4.78, 5) is 34.7. The number of allylic oxidation sites excluding steroid dienone is 1. The van der Waals surface area contributed by atoms with Crippen LogP contribution in [0.4, 0.5) is 5.69 Å². The Kier molecular flexibility index (Phi) is 7.46. The number of thiazole rings is 1. The Morgan fingerprint density at radius 2 is 1.95 bits per heavy atom. The highest BCUT2D eigenvalue weighted by Gasteiger charge is 2.36. The van der Waals surface area contributed by atoms with Crippen LogP contribution in [0.5, 0.6) is 5.75 Å². The molecule has 2 heterocycles. The monoisotopic (exact) mass is 605 g/mol. The molecule has 0 saturated carbocycles. The largest absolute Gasteiger partial charge is 0.496 e. The molecule has 0 spiro atoms. The van der Waals surface area contributed by atoms with Crippen molar-refractivity contribution in [2.45, 2.75) is 19.9 Å². The second-order valence-electron chi connectivity index (χ2n) is 9.31. The highest BCUT2D eigenvalue weighted by atomic mass is 79.9. The lowest BCUT2D eigenvalue weighted by molar-refractivity contribution is -0.139. The van der Waals surface area contributed by atoms with E-state index in [0.717, 1.165) is 32.1 Å². The zero-order valence-corrected chi connectivity index (χ0v) is 24.7. The van der Waals surface area contributed by atoms with E-state index < -0.39 is 12.0 Å². The fourth-order valence-electron chi connectivity index (χ4n) is 4.93. The first-order chi connectivity index (χ1) is 18.7. The number of benzene rings is 3. The van der Waals surface area contributed by atoms with Crippen LogP contribution in [0.25, 0.3) is 16.8 Å². The Bertz CT molecular complexity index is 1820. The maximum absolute atomic E-state index is 14.1. The summed E-state index contributed by atoms with van der Waals surface area (Å²) >= 11 is 4.93. The van der Waals surface area contributed by atoms with Crippen LogP contribution in [-0.2, 0) is 9.53 Å². The number of carbonyl (C=O) groups excluding carboxylic acids is 1. The van der Waals surface area contributed by atoms with Crippen molar-refractivity contribution in [2.75, 3.05) is 32.7 Å². The summed E-state index contributed by atoms with van der Waals surface area (Å²) in [5.74, 6) is 0.0733. The molecule has 0 bridgehead atoms. The van der Waals surface area contributed by atoms with E-state index in [4.69, 9.17) is 14.5 Å². The van der Waals surface area contributed by atoms with E-state index in [9.17, 15) is 9.59 Å². The van der Waals surface area contributed by atoms with Gasteiger partial charge in [-0.1, -0.05) is 47.7 Å². The van der Waals surface area contributed by atoms with Crippen LogP contribution >= 0.6 is 27.3 Å². The number of methoxy groups -OCH3 is 1. The molecule has 9 heteroatoms. The lowest BCUT2D eigenvalue weighted by Gasteiger charge is -2.27. The lowest BCUT2D eigenvalue weighted by atomic mass is 9.90. The van der Waals surface area contributed by atoms with E-state index in [0.29, 0.717) is 26.4 Å². The Hall–Kier alpha value is -3.69. The number of halogens is 1. The van der Waals surface area contributed by atoms with Gasteiger partial charge in [-0.25, -0.2) is 9.79 Å². The highest BCUT2D eigenvalue weighted by Crippen LogP contribution is 2.40. The predicted molar refractivity (Wildman–Crippen MR) is 159 cm³/mol. The van der Waals surface area contributed by atoms with Gasteiger partial charge < -0.3 is 14.4 Å². The Morgan fingerprint density at radius 3 is 2.64 bits per heavy atom. The van der Waals surface area contributed by atoms with E-state index in [1.165, 1.54) is 11.3 Å². The molecule has 1 aliphatic rings. The minimum absolute atomic E-state index is 0.206. The number of hydrogen-bond donors (Lipinski definition) is 0. The number of rotatable bonds is 6. The summed E-state index contributed by atoms with van der Waals surface area (Å²) in [6.07, 6.45) is 1.86. The second kappa shape index (κ2) is 10.8. The number of ether oxygens (including phenoxy) is 2. The van der Waals surface area contributed by atoms with Crippen molar-refractivity contribution in [2.24, 2.45) is 4.99 Å². The third-order valence-corrected chi connectivity index (χ3v) is 8.31. The van der Waals surface area contributed by atoms with E-state index in [-0.39, 0.29) is 12.2 Å². The molecule has 1 aromatic heterocycles. The predicted octanol–water partition coefficient (Wildman–Crippen LogP) is 4.79. The molecule has 0 amide bonds. The van der Waals surface area contributed by atoms with Crippen LogP contribution < -0.4 is 24.5 Å². The summed E-state index contributed by atoms with van der Waals surface area (Å²) in [6, 6.07) is 16.9. The van der Waals surface area contributed by atoms with Crippen molar-refractivity contribution in [3.63, 3.8) is 0 Å². The smallest absolute Gasteiger partial charge is 0.338 e. The van der Waals surface area contributed by atoms with Gasteiger partial charge in [-0.15, -0.1) is 0 Å². The van der Waals surface area contributed by atoms with Gasteiger partial charge in [0.2, 0.25) is 0 Å². The fourth-order valence-corrected chi connectivity index (χ4v) is 6.72. The number of esters is 1. The molecule has 7 nitrogen and oxygen atoms in total. The minimum atomic E-state index is -0.772. The first kappa shape index (κ1) is 26.9. The van der Waals surface area contributed by atoms with Gasteiger partial charge in [-0.2, -0.15) is 0 Å². The zero-order valence-electron chi connectivity index (χ0n) is 22.3. The maximum atomic E-state index is 14.1. The number of aromatic nitrogens is 1. The molecule has 0 saturated heterocycles. The van der Waals surface area contributed by atoms with Crippen molar-refractivity contribution >= 4 is 55.8 Å². The molecule has 0 radical (unpaired) electrons. The SMILES string of the molecule is CCOC(=O)C1=C(C)N=c2s/c(=C/c3ccc(N(C)C)c(Br)c3)c(=O)n2[C@@H]1c1c(OC)ccc2ccccc12. The van der Waals surface area contributed by atoms with E-state index >= 15 is 0 Å². The first-order valence-electron chi connectivity index (χ1n) is 12.5. The molecule has 39 heavy (non-hydrogen) atoms. The molecule has 1 atom stereocenters. The Labute approximate surface area is 238 Å². The van der Waals surface area contributed by atoms with Crippen LogP contribution in [-0.4, -0.2) is 38.3 Å². The highest BCUT2D eigenvalue weighted by molar-refractivity contribution is 9.10. The van der Waals surface area contributed by atoms with Crippen LogP contribution in [0.1, 0.15) is 31.0 Å².